The van der Waals surface area contributed by atoms with Crippen molar-refractivity contribution in [1.29, 1.82) is 0 Å². The van der Waals surface area contributed by atoms with Crippen molar-refractivity contribution in [3.63, 3.8) is 0 Å². The lowest BCUT2D eigenvalue weighted by molar-refractivity contribution is -0.138. The van der Waals surface area contributed by atoms with Crippen LogP contribution in [-0.4, -0.2) is 53.3 Å². The quantitative estimate of drug-likeness (QED) is 0.796. The van der Waals surface area contributed by atoms with Gasteiger partial charge in [-0.3, -0.25) is 0 Å². The van der Waals surface area contributed by atoms with Crippen LogP contribution >= 0.6 is 0 Å². The Kier molecular flexibility index (Phi) is 4.16. The van der Waals surface area contributed by atoms with Crippen molar-refractivity contribution in [2.45, 2.75) is 19.9 Å². The molecule has 104 valence electrons. The van der Waals surface area contributed by atoms with E-state index in [0.717, 1.165) is 5.69 Å². The lowest BCUT2D eigenvalue weighted by atomic mass is 10.2. The van der Waals surface area contributed by atoms with Gasteiger partial charge in [-0.1, -0.05) is 0 Å². The van der Waals surface area contributed by atoms with Gasteiger partial charge < -0.3 is 20.1 Å². The highest BCUT2D eigenvalue weighted by Crippen LogP contribution is 2.18. The second-order valence-electron chi connectivity index (χ2n) is 4.33. The minimum absolute atomic E-state index is 0.386. The highest BCUT2D eigenvalue weighted by molar-refractivity contribution is 5.78. The topological polar surface area (TPSA) is 87.6 Å². The van der Waals surface area contributed by atoms with Crippen molar-refractivity contribution in [2.24, 2.45) is 0 Å². The third kappa shape index (κ3) is 3.11. The first-order chi connectivity index (χ1) is 9.11. The zero-order valence-electron chi connectivity index (χ0n) is 11.1. The van der Waals surface area contributed by atoms with E-state index in [-0.39, 0.29) is 0 Å². The summed E-state index contributed by atoms with van der Waals surface area (Å²) in [7, 11) is 0. The van der Waals surface area contributed by atoms with Crippen LogP contribution in [0.15, 0.2) is 6.07 Å². The van der Waals surface area contributed by atoms with E-state index in [1.165, 1.54) is 0 Å². The number of aryl methyl sites for hydroxylation is 1. The summed E-state index contributed by atoms with van der Waals surface area (Å²) >= 11 is 0. The van der Waals surface area contributed by atoms with Gasteiger partial charge in [-0.25, -0.2) is 9.78 Å². The Morgan fingerprint density at radius 1 is 1.63 bits per heavy atom. The Hall–Kier alpha value is -1.89. The van der Waals surface area contributed by atoms with Crippen LogP contribution in [0.1, 0.15) is 12.6 Å². The second-order valence-corrected chi connectivity index (χ2v) is 4.33. The zero-order chi connectivity index (χ0) is 13.8. The number of aliphatic carboxylic acids is 1. The Morgan fingerprint density at radius 2 is 2.42 bits per heavy atom. The number of piperazine rings is 1. The van der Waals surface area contributed by atoms with Crippen LogP contribution in [0.2, 0.25) is 0 Å². The lowest BCUT2D eigenvalue weighted by Crippen LogP contribution is -2.55. The second kappa shape index (κ2) is 5.83. The van der Waals surface area contributed by atoms with E-state index in [2.05, 4.69) is 15.3 Å². The predicted molar refractivity (Wildman–Crippen MR) is 69.6 cm³/mol. The third-order valence-electron chi connectivity index (χ3n) is 2.90. The zero-order valence-corrected chi connectivity index (χ0v) is 11.1. The van der Waals surface area contributed by atoms with Gasteiger partial charge in [0.05, 0.1) is 6.61 Å². The van der Waals surface area contributed by atoms with Crippen molar-refractivity contribution >= 4 is 11.9 Å². The van der Waals surface area contributed by atoms with Gasteiger partial charge in [-0.2, -0.15) is 4.98 Å². The number of carboxylic acids is 1. The van der Waals surface area contributed by atoms with E-state index in [9.17, 15) is 9.90 Å². The SMILES string of the molecule is CCOc1cc(C)nc(N2CCNCC2C(=O)O)n1. The number of aromatic nitrogens is 2. The number of carbonyl (C=O) groups is 1. The number of nitrogens with one attached hydrogen (secondary N) is 1. The fraction of sp³-hybridized carbons (Fsp3) is 0.583. The predicted octanol–water partition coefficient (Wildman–Crippen LogP) is 0.0465. The number of ether oxygens (including phenoxy) is 1. The molecule has 0 radical (unpaired) electrons. The Morgan fingerprint density at radius 3 is 3.11 bits per heavy atom. The molecular weight excluding hydrogens is 248 g/mol. The van der Waals surface area contributed by atoms with Crippen LogP contribution in [0.4, 0.5) is 5.95 Å². The van der Waals surface area contributed by atoms with E-state index in [1.54, 1.807) is 11.0 Å². The molecule has 7 heteroatoms. The number of nitrogens with zero attached hydrogens (tertiary/aromatic N) is 3. The molecule has 2 heterocycles. The molecule has 0 aromatic carbocycles. The van der Waals surface area contributed by atoms with Gasteiger partial charge in [0.2, 0.25) is 11.8 Å². The van der Waals surface area contributed by atoms with Crippen LogP contribution in [0.3, 0.4) is 0 Å². The monoisotopic (exact) mass is 266 g/mol. The summed E-state index contributed by atoms with van der Waals surface area (Å²) in [4.78, 5) is 21.6. The summed E-state index contributed by atoms with van der Waals surface area (Å²) < 4.78 is 5.37. The molecule has 1 aromatic heterocycles. The van der Waals surface area contributed by atoms with Gasteiger partial charge in [-0.15, -0.1) is 0 Å². The van der Waals surface area contributed by atoms with Gasteiger partial charge in [0.15, 0.2) is 0 Å². The Labute approximate surface area is 111 Å². The van der Waals surface area contributed by atoms with E-state index in [0.29, 0.717) is 38.1 Å². The highest BCUT2D eigenvalue weighted by atomic mass is 16.5. The number of carboxylic acid groups (broad SMARTS) is 1. The molecule has 7 nitrogen and oxygen atoms in total. The first-order valence-electron chi connectivity index (χ1n) is 6.30. The lowest BCUT2D eigenvalue weighted by Gasteiger charge is -2.33. The molecule has 0 aliphatic carbocycles. The number of rotatable bonds is 4. The van der Waals surface area contributed by atoms with Gasteiger partial charge >= 0.3 is 5.97 Å². The Bertz CT molecular complexity index is 466. The molecule has 2 rings (SSSR count). The molecule has 2 N–H and O–H groups in total. The summed E-state index contributed by atoms with van der Waals surface area (Å²) in [6, 6.07) is 1.09. The molecule has 0 bridgehead atoms. The average Bonchev–Trinajstić information content (AvgIpc) is 2.38. The fourth-order valence-electron chi connectivity index (χ4n) is 2.04. The maximum absolute atomic E-state index is 11.3. The summed E-state index contributed by atoms with van der Waals surface area (Å²) in [6.45, 7) is 5.89. The molecule has 19 heavy (non-hydrogen) atoms. The largest absolute Gasteiger partial charge is 0.480 e. The van der Waals surface area contributed by atoms with Gasteiger partial charge in [0.1, 0.15) is 6.04 Å². The minimum Gasteiger partial charge on any atom is -0.480 e. The number of hydrogen-bond donors (Lipinski definition) is 2. The van der Waals surface area contributed by atoms with Crippen molar-refractivity contribution in [2.75, 3.05) is 31.1 Å². The maximum Gasteiger partial charge on any atom is 0.327 e. The summed E-state index contributed by atoms with van der Waals surface area (Å²) in [6.07, 6.45) is 0. The van der Waals surface area contributed by atoms with Crippen molar-refractivity contribution in [3.8, 4) is 5.88 Å². The average molecular weight is 266 g/mol. The first kappa shape index (κ1) is 13.5. The molecule has 1 aliphatic rings. The van der Waals surface area contributed by atoms with Crippen LogP contribution in [-0.2, 0) is 4.79 Å². The number of hydrogen-bond acceptors (Lipinski definition) is 6. The van der Waals surface area contributed by atoms with E-state index < -0.39 is 12.0 Å². The highest BCUT2D eigenvalue weighted by Gasteiger charge is 2.30. The van der Waals surface area contributed by atoms with Crippen molar-refractivity contribution < 1.29 is 14.6 Å². The summed E-state index contributed by atoms with van der Waals surface area (Å²) in [5.74, 6) is 0.0142. The molecule has 0 saturated carbocycles. The Balaban J connectivity index is 2.30. The van der Waals surface area contributed by atoms with Gasteiger partial charge in [0.25, 0.3) is 0 Å². The molecule has 1 aromatic rings. The molecule has 1 saturated heterocycles. The third-order valence-corrected chi connectivity index (χ3v) is 2.90. The van der Waals surface area contributed by atoms with Crippen LogP contribution in [0, 0.1) is 6.92 Å². The van der Waals surface area contributed by atoms with E-state index in [4.69, 9.17) is 4.74 Å². The molecule has 0 spiro atoms. The van der Waals surface area contributed by atoms with E-state index >= 15 is 0 Å². The molecular formula is C12H18N4O3. The molecule has 0 amide bonds. The summed E-state index contributed by atoms with van der Waals surface area (Å²) in [5, 5.41) is 12.3. The van der Waals surface area contributed by atoms with Gasteiger partial charge in [-0.05, 0) is 13.8 Å². The van der Waals surface area contributed by atoms with Crippen LogP contribution in [0.5, 0.6) is 5.88 Å². The molecule has 1 atom stereocenters. The van der Waals surface area contributed by atoms with Gasteiger partial charge in [0, 0.05) is 31.4 Å². The minimum atomic E-state index is -0.879. The molecule has 1 fully saturated rings. The van der Waals surface area contributed by atoms with Crippen LogP contribution < -0.4 is 15.0 Å². The standard InChI is InChI=1S/C12H18N4O3/c1-3-19-10-6-8(2)14-12(15-10)16-5-4-13-7-9(16)11(17)18/h6,9,13H,3-5,7H2,1-2H3,(H,17,18). The molecule has 1 aliphatic heterocycles. The first-order valence-corrected chi connectivity index (χ1v) is 6.30. The maximum atomic E-state index is 11.3. The number of anilines is 1. The van der Waals surface area contributed by atoms with E-state index in [1.807, 2.05) is 13.8 Å². The smallest absolute Gasteiger partial charge is 0.327 e. The van der Waals surface area contributed by atoms with Crippen molar-refractivity contribution in [3.05, 3.63) is 11.8 Å². The van der Waals surface area contributed by atoms with Crippen LogP contribution in [0.25, 0.3) is 0 Å². The normalized spacial score (nSPS) is 19.3. The van der Waals surface area contributed by atoms with Crippen molar-refractivity contribution in [1.82, 2.24) is 15.3 Å². The molecule has 1 unspecified atom stereocenters. The summed E-state index contributed by atoms with van der Waals surface area (Å²) in [5.41, 5.74) is 0.760. The fourth-order valence-corrected chi connectivity index (χ4v) is 2.04.